The molecule has 6 heteroatoms. The lowest BCUT2D eigenvalue weighted by Crippen LogP contribution is -2.40. The minimum absolute atomic E-state index is 0.187. The van der Waals surface area contributed by atoms with E-state index >= 15 is 0 Å². The van der Waals surface area contributed by atoms with Crippen LogP contribution in [0.1, 0.15) is 26.3 Å². The Morgan fingerprint density at radius 3 is 2.40 bits per heavy atom. The highest BCUT2D eigenvalue weighted by Gasteiger charge is 2.22. The van der Waals surface area contributed by atoms with Crippen LogP contribution < -0.4 is 4.72 Å². The molecule has 0 amide bonds. The van der Waals surface area contributed by atoms with Crippen molar-refractivity contribution in [2.75, 3.05) is 13.2 Å². The van der Waals surface area contributed by atoms with Gasteiger partial charge < -0.3 is 4.74 Å². The number of benzene rings is 1. The Labute approximate surface area is 120 Å². The van der Waals surface area contributed by atoms with Crippen LogP contribution in [-0.2, 0) is 21.2 Å². The highest BCUT2D eigenvalue weighted by molar-refractivity contribution is 7.89. The van der Waals surface area contributed by atoms with Crippen LogP contribution in [0, 0.1) is 11.3 Å². The van der Waals surface area contributed by atoms with Gasteiger partial charge in [0.05, 0.1) is 23.0 Å². The van der Waals surface area contributed by atoms with Gasteiger partial charge >= 0.3 is 0 Å². The zero-order valence-corrected chi connectivity index (χ0v) is 12.8. The summed E-state index contributed by atoms with van der Waals surface area (Å²) >= 11 is 0. The topological polar surface area (TPSA) is 79.2 Å². The Morgan fingerprint density at radius 2 is 1.90 bits per heavy atom. The van der Waals surface area contributed by atoms with Crippen molar-refractivity contribution in [2.45, 2.75) is 37.7 Å². The standard InChI is InChI=1S/C14H20N2O3S/c1-4-19-14(2,3)11-16-20(17,18)13-7-5-12(6-8-13)9-10-15/h5-8,16H,4,9,11H2,1-3H3. The fourth-order valence-corrected chi connectivity index (χ4v) is 2.87. The van der Waals surface area contributed by atoms with Crippen LogP contribution in [0.2, 0.25) is 0 Å². The molecule has 0 aromatic heterocycles. The van der Waals surface area contributed by atoms with E-state index in [1.807, 2.05) is 26.8 Å². The first-order valence-corrected chi connectivity index (χ1v) is 7.88. The van der Waals surface area contributed by atoms with Crippen LogP contribution in [0.3, 0.4) is 0 Å². The predicted molar refractivity (Wildman–Crippen MR) is 76.7 cm³/mol. The molecule has 0 aliphatic carbocycles. The van der Waals surface area contributed by atoms with Gasteiger partial charge in [-0.25, -0.2) is 13.1 Å². The minimum Gasteiger partial charge on any atom is -0.375 e. The van der Waals surface area contributed by atoms with E-state index in [2.05, 4.69) is 4.72 Å². The number of hydrogen-bond acceptors (Lipinski definition) is 4. The van der Waals surface area contributed by atoms with Gasteiger partial charge in [0.2, 0.25) is 10.0 Å². The van der Waals surface area contributed by atoms with Gasteiger partial charge in [0, 0.05) is 13.2 Å². The summed E-state index contributed by atoms with van der Waals surface area (Å²) in [5, 5.41) is 8.58. The van der Waals surface area contributed by atoms with Crippen LogP contribution in [0.15, 0.2) is 29.2 Å². The summed E-state index contributed by atoms with van der Waals surface area (Å²) in [5.74, 6) is 0. The summed E-state index contributed by atoms with van der Waals surface area (Å²) in [7, 11) is -3.56. The third kappa shape index (κ3) is 4.93. The second-order valence-electron chi connectivity index (χ2n) is 5.00. The van der Waals surface area contributed by atoms with E-state index < -0.39 is 15.6 Å². The van der Waals surface area contributed by atoms with E-state index in [9.17, 15) is 8.42 Å². The summed E-state index contributed by atoms with van der Waals surface area (Å²) in [6.45, 7) is 6.24. The number of nitriles is 1. The van der Waals surface area contributed by atoms with Crippen molar-refractivity contribution in [1.29, 1.82) is 5.26 Å². The highest BCUT2D eigenvalue weighted by Crippen LogP contribution is 2.13. The van der Waals surface area contributed by atoms with Gasteiger partial charge in [0.25, 0.3) is 0 Å². The summed E-state index contributed by atoms with van der Waals surface area (Å²) in [6.07, 6.45) is 0.269. The van der Waals surface area contributed by atoms with E-state index in [1.54, 1.807) is 12.1 Å². The summed E-state index contributed by atoms with van der Waals surface area (Å²) in [6, 6.07) is 8.31. The van der Waals surface area contributed by atoms with E-state index in [1.165, 1.54) is 12.1 Å². The summed E-state index contributed by atoms with van der Waals surface area (Å²) in [5.41, 5.74) is 0.240. The third-order valence-electron chi connectivity index (χ3n) is 2.74. The number of nitrogens with one attached hydrogen (secondary N) is 1. The van der Waals surface area contributed by atoms with E-state index in [0.29, 0.717) is 6.61 Å². The molecule has 0 unspecified atom stereocenters. The maximum Gasteiger partial charge on any atom is 0.240 e. The summed E-state index contributed by atoms with van der Waals surface area (Å²) in [4.78, 5) is 0.187. The van der Waals surface area contributed by atoms with Crippen molar-refractivity contribution in [3.8, 4) is 6.07 Å². The number of rotatable bonds is 7. The van der Waals surface area contributed by atoms with E-state index in [4.69, 9.17) is 10.00 Å². The molecule has 5 nitrogen and oxygen atoms in total. The van der Waals surface area contributed by atoms with Crippen molar-refractivity contribution in [3.05, 3.63) is 29.8 Å². The molecular weight excluding hydrogens is 276 g/mol. The Bertz CT molecular complexity index is 571. The lowest BCUT2D eigenvalue weighted by atomic mass is 10.1. The molecule has 1 N–H and O–H groups in total. The number of nitrogens with zero attached hydrogens (tertiary/aromatic N) is 1. The molecule has 0 saturated carbocycles. The average molecular weight is 296 g/mol. The molecule has 0 atom stereocenters. The fraction of sp³-hybridized carbons (Fsp3) is 0.500. The SMILES string of the molecule is CCOC(C)(C)CNS(=O)(=O)c1ccc(CC#N)cc1. The molecule has 0 aliphatic rings. The Kier molecular flexibility index (Phi) is 5.69. The van der Waals surface area contributed by atoms with Gasteiger partial charge in [0.1, 0.15) is 0 Å². The number of sulfonamides is 1. The monoisotopic (exact) mass is 296 g/mol. The molecule has 20 heavy (non-hydrogen) atoms. The van der Waals surface area contributed by atoms with Crippen molar-refractivity contribution < 1.29 is 13.2 Å². The molecule has 0 bridgehead atoms. The quantitative estimate of drug-likeness (QED) is 0.832. The van der Waals surface area contributed by atoms with Gasteiger partial charge in [0.15, 0.2) is 0 Å². The molecular formula is C14H20N2O3S. The lowest BCUT2D eigenvalue weighted by molar-refractivity contribution is -0.00515. The molecule has 1 aromatic carbocycles. The first-order chi connectivity index (χ1) is 9.30. The van der Waals surface area contributed by atoms with Gasteiger partial charge in [-0.1, -0.05) is 12.1 Å². The van der Waals surface area contributed by atoms with Crippen LogP contribution in [-0.4, -0.2) is 27.2 Å². The second kappa shape index (κ2) is 6.84. The van der Waals surface area contributed by atoms with Crippen LogP contribution in [0.5, 0.6) is 0 Å². The Balaban J connectivity index is 2.76. The maximum atomic E-state index is 12.1. The lowest BCUT2D eigenvalue weighted by Gasteiger charge is -2.24. The molecule has 0 spiro atoms. The number of ether oxygens (including phenoxy) is 1. The third-order valence-corrected chi connectivity index (χ3v) is 4.16. The molecule has 0 radical (unpaired) electrons. The van der Waals surface area contributed by atoms with Gasteiger partial charge in [-0.05, 0) is 38.5 Å². The molecule has 0 heterocycles. The van der Waals surface area contributed by atoms with Crippen molar-refractivity contribution in [3.63, 3.8) is 0 Å². The predicted octanol–water partition coefficient (Wildman–Crippen LogP) is 1.85. The van der Waals surface area contributed by atoms with E-state index in [0.717, 1.165) is 5.56 Å². The fourth-order valence-electron chi connectivity index (χ4n) is 1.67. The largest absolute Gasteiger partial charge is 0.375 e. The average Bonchev–Trinajstić information content (AvgIpc) is 2.38. The van der Waals surface area contributed by atoms with Crippen molar-refractivity contribution in [2.24, 2.45) is 0 Å². The Morgan fingerprint density at radius 1 is 1.30 bits per heavy atom. The minimum atomic E-state index is -3.56. The van der Waals surface area contributed by atoms with Crippen LogP contribution in [0.25, 0.3) is 0 Å². The van der Waals surface area contributed by atoms with E-state index in [-0.39, 0.29) is 17.9 Å². The second-order valence-corrected chi connectivity index (χ2v) is 6.76. The van der Waals surface area contributed by atoms with Crippen molar-refractivity contribution >= 4 is 10.0 Å². The maximum absolute atomic E-state index is 12.1. The molecule has 0 aliphatic heterocycles. The molecule has 1 aromatic rings. The Hall–Kier alpha value is -1.42. The zero-order chi connectivity index (χ0) is 15.2. The number of hydrogen-bond donors (Lipinski definition) is 1. The molecule has 0 fully saturated rings. The summed E-state index contributed by atoms with van der Waals surface area (Å²) < 4.78 is 32.2. The first-order valence-electron chi connectivity index (χ1n) is 6.40. The van der Waals surface area contributed by atoms with Crippen LogP contribution in [0.4, 0.5) is 0 Å². The van der Waals surface area contributed by atoms with Crippen LogP contribution >= 0.6 is 0 Å². The highest BCUT2D eigenvalue weighted by atomic mass is 32.2. The normalized spacial score (nSPS) is 12.1. The van der Waals surface area contributed by atoms with Gasteiger partial charge in [-0.15, -0.1) is 0 Å². The van der Waals surface area contributed by atoms with Gasteiger partial charge in [-0.3, -0.25) is 0 Å². The van der Waals surface area contributed by atoms with Gasteiger partial charge in [-0.2, -0.15) is 5.26 Å². The smallest absolute Gasteiger partial charge is 0.240 e. The zero-order valence-electron chi connectivity index (χ0n) is 12.0. The molecule has 0 saturated heterocycles. The first kappa shape index (κ1) is 16.6. The molecule has 110 valence electrons. The molecule has 1 rings (SSSR count). The van der Waals surface area contributed by atoms with Crippen molar-refractivity contribution in [1.82, 2.24) is 4.72 Å².